The first kappa shape index (κ1) is 14.1. The van der Waals surface area contributed by atoms with E-state index in [9.17, 15) is 0 Å². The molecule has 4 heteroatoms. The molecule has 0 radical (unpaired) electrons. The van der Waals surface area contributed by atoms with Crippen molar-refractivity contribution in [3.8, 4) is 0 Å². The molecule has 0 unspecified atom stereocenters. The molecule has 104 valence electrons. The van der Waals surface area contributed by atoms with Gasteiger partial charge in [0.1, 0.15) is 0 Å². The molecule has 2 rings (SSSR count). The van der Waals surface area contributed by atoms with Crippen LogP contribution in [-0.2, 0) is 6.54 Å². The van der Waals surface area contributed by atoms with Crippen molar-refractivity contribution in [2.45, 2.75) is 41.2 Å². The zero-order chi connectivity index (χ0) is 14.0. The highest BCUT2D eigenvalue weighted by atomic mass is 32.1. The van der Waals surface area contributed by atoms with Crippen LogP contribution in [0.4, 0.5) is 5.95 Å². The SMILES string of the molecule is Cc1cn(Cc2cc(C)c(C)s2)c(NCC(C)C)n1. The van der Waals surface area contributed by atoms with Gasteiger partial charge in [0.2, 0.25) is 5.95 Å². The maximum atomic E-state index is 4.56. The Labute approximate surface area is 119 Å². The molecular formula is C15H23N3S. The van der Waals surface area contributed by atoms with Crippen LogP contribution in [0.25, 0.3) is 0 Å². The molecule has 2 heterocycles. The van der Waals surface area contributed by atoms with Gasteiger partial charge >= 0.3 is 0 Å². The Bertz CT molecular complexity index is 532. The highest BCUT2D eigenvalue weighted by Gasteiger charge is 2.08. The van der Waals surface area contributed by atoms with Gasteiger partial charge in [0.05, 0.1) is 12.2 Å². The van der Waals surface area contributed by atoms with Gasteiger partial charge in [-0.25, -0.2) is 4.98 Å². The van der Waals surface area contributed by atoms with E-state index >= 15 is 0 Å². The molecule has 0 aliphatic heterocycles. The summed E-state index contributed by atoms with van der Waals surface area (Å²) in [5.41, 5.74) is 2.45. The van der Waals surface area contributed by atoms with Crippen LogP contribution < -0.4 is 5.32 Å². The summed E-state index contributed by atoms with van der Waals surface area (Å²) < 4.78 is 2.21. The van der Waals surface area contributed by atoms with Gasteiger partial charge in [-0.15, -0.1) is 11.3 Å². The fourth-order valence-corrected chi connectivity index (χ4v) is 3.05. The third kappa shape index (κ3) is 3.60. The first-order chi connectivity index (χ1) is 8.95. The molecule has 1 N–H and O–H groups in total. The molecule has 0 saturated carbocycles. The maximum Gasteiger partial charge on any atom is 0.203 e. The van der Waals surface area contributed by atoms with E-state index in [4.69, 9.17) is 0 Å². The largest absolute Gasteiger partial charge is 0.355 e. The van der Waals surface area contributed by atoms with Crippen molar-refractivity contribution in [1.82, 2.24) is 9.55 Å². The summed E-state index contributed by atoms with van der Waals surface area (Å²) in [5.74, 6) is 1.60. The Morgan fingerprint density at radius 2 is 2.05 bits per heavy atom. The number of aryl methyl sites for hydroxylation is 3. The normalized spacial score (nSPS) is 11.3. The van der Waals surface area contributed by atoms with Gasteiger partial charge in [-0.05, 0) is 38.3 Å². The number of rotatable bonds is 5. The number of anilines is 1. The first-order valence-corrected chi connectivity index (χ1v) is 7.61. The number of thiophene rings is 1. The van der Waals surface area contributed by atoms with Crippen molar-refractivity contribution in [3.63, 3.8) is 0 Å². The summed E-state index contributed by atoms with van der Waals surface area (Å²) in [7, 11) is 0. The van der Waals surface area contributed by atoms with E-state index < -0.39 is 0 Å². The van der Waals surface area contributed by atoms with E-state index in [1.165, 1.54) is 15.3 Å². The second-order valence-corrected chi connectivity index (χ2v) is 6.90. The third-order valence-corrected chi connectivity index (χ3v) is 4.25. The second-order valence-electron chi connectivity index (χ2n) is 5.56. The Balaban J connectivity index is 2.15. The Hall–Kier alpha value is -1.29. The molecule has 0 bridgehead atoms. The van der Waals surface area contributed by atoms with Gasteiger partial charge in [-0.2, -0.15) is 0 Å². The van der Waals surface area contributed by atoms with E-state index in [0.717, 1.165) is 24.7 Å². The van der Waals surface area contributed by atoms with Crippen molar-refractivity contribution in [2.24, 2.45) is 5.92 Å². The van der Waals surface area contributed by atoms with Gasteiger partial charge in [0, 0.05) is 22.5 Å². The fraction of sp³-hybridized carbons (Fsp3) is 0.533. The number of aromatic nitrogens is 2. The minimum Gasteiger partial charge on any atom is -0.355 e. The number of imidazole rings is 1. The maximum absolute atomic E-state index is 4.56. The molecule has 2 aromatic heterocycles. The van der Waals surface area contributed by atoms with Crippen LogP contribution >= 0.6 is 11.3 Å². The van der Waals surface area contributed by atoms with E-state index in [0.29, 0.717) is 5.92 Å². The van der Waals surface area contributed by atoms with E-state index in [-0.39, 0.29) is 0 Å². The Morgan fingerprint density at radius 1 is 1.32 bits per heavy atom. The van der Waals surface area contributed by atoms with Crippen LogP contribution in [0.2, 0.25) is 0 Å². The smallest absolute Gasteiger partial charge is 0.203 e. The van der Waals surface area contributed by atoms with Crippen LogP contribution in [0.5, 0.6) is 0 Å². The van der Waals surface area contributed by atoms with Crippen LogP contribution in [-0.4, -0.2) is 16.1 Å². The lowest BCUT2D eigenvalue weighted by Gasteiger charge is -2.10. The summed E-state index contributed by atoms with van der Waals surface area (Å²) >= 11 is 1.88. The Kier molecular flexibility index (Phi) is 4.30. The second kappa shape index (κ2) is 5.78. The molecule has 0 aliphatic carbocycles. The van der Waals surface area contributed by atoms with Gasteiger partial charge < -0.3 is 9.88 Å². The summed E-state index contributed by atoms with van der Waals surface area (Å²) in [4.78, 5) is 7.36. The summed E-state index contributed by atoms with van der Waals surface area (Å²) in [6, 6.07) is 2.28. The monoisotopic (exact) mass is 277 g/mol. The number of hydrogen-bond acceptors (Lipinski definition) is 3. The number of nitrogens with one attached hydrogen (secondary N) is 1. The minimum atomic E-state index is 0.622. The number of nitrogens with zero attached hydrogens (tertiary/aromatic N) is 2. The predicted molar refractivity (Wildman–Crippen MR) is 83.2 cm³/mol. The Morgan fingerprint density at radius 3 is 2.63 bits per heavy atom. The molecule has 0 aromatic carbocycles. The highest BCUT2D eigenvalue weighted by Crippen LogP contribution is 2.23. The van der Waals surface area contributed by atoms with Crippen molar-refractivity contribution in [3.05, 3.63) is 33.3 Å². The van der Waals surface area contributed by atoms with Gasteiger partial charge in [0.25, 0.3) is 0 Å². The molecule has 0 spiro atoms. The molecule has 0 aliphatic rings. The zero-order valence-electron chi connectivity index (χ0n) is 12.4. The number of hydrogen-bond donors (Lipinski definition) is 1. The quantitative estimate of drug-likeness (QED) is 0.895. The van der Waals surface area contributed by atoms with E-state index in [1.807, 2.05) is 18.3 Å². The molecule has 0 amide bonds. The zero-order valence-corrected chi connectivity index (χ0v) is 13.3. The minimum absolute atomic E-state index is 0.622. The van der Waals surface area contributed by atoms with Crippen LogP contribution in [0.15, 0.2) is 12.3 Å². The molecular weight excluding hydrogens is 254 g/mol. The average molecular weight is 277 g/mol. The van der Waals surface area contributed by atoms with Crippen LogP contribution in [0.1, 0.15) is 34.9 Å². The van der Waals surface area contributed by atoms with Gasteiger partial charge in [-0.1, -0.05) is 13.8 Å². The van der Waals surface area contributed by atoms with Crippen LogP contribution in [0.3, 0.4) is 0 Å². The fourth-order valence-electron chi connectivity index (χ4n) is 2.00. The lowest BCUT2D eigenvalue weighted by atomic mass is 10.2. The topological polar surface area (TPSA) is 29.9 Å². The first-order valence-electron chi connectivity index (χ1n) is 6.79. The van der Waals surface area contributed by atoms with Crippen molar-refractivity contribution < 1.29 is 0 Å². The van der Waals surface area contributed by atoms with E-state index in [1.54, 1.807) is 0 Å². The summed E-state index contributed by atoms with van der Waals surface area (Å²) in [5, 5.41) is 3.43. The summed E-state index contributed by atoms with van der Waals surface area (Å²) in [6.45, 7) is 12.7. The highest BCUT2D eigenvalue weighted by molar-refractivity contribution is 7.12. The van der Waals surface area contributed by atoms with Crippen LogP contribution in [0, 0.1) is 26.7 Å². The van der Waals surface area contributed by atoms with Gasteiger partial charge in [-0.3, -0.25) is 0 Å². The third-order valence-electron chi connectivity index (χ3n) is 3.11. The lowest BCUT2D eigenvalue weighted by molar-refractivity contribution is 0.677. The standard InChI is InChI=1S/C15H23N3S/c1-10(2)7-16-15-17-12(4)8-18(15)9-14-6-11(3)13(5)19-14/h6,8,10H,7,9H2,1-5H3,(H,16,17). The lowest BCUT2D eigenvalue weighted by Crippen LogP contribution is -2.12. The summed E-state index contributed by atoms with van der Waals surface area (Å²) in [6.07, 6.45) is 2.12. The predicted octanol–water partition coefficient (Wildman–Crippen LogP) is 3.99. The van der Waals surface area contributed by atoms with Gasteiger partial charge in [0.15, 0.2) is 0 Å². The van der Waals surface area contributed by atoms with Crippen molar-refractivity contribution >= 4 is 17.3 Å². The molecule has 2 aromatic rings. The average Bonchev–Trinajstić information content (AvgIpc) is 2.80. The molecule has 19 heavy (non-hydrogen) atoms. The van der Waals surface area contributed by atoms with Crippen molar-refractivity contribution in [2.75, 3.05) is 11.9 Å². The molecule has 0 atom stereocenters. The molecule has 0 saturated heterocycles. The van der Waals surface area contributed by atoms with Crippen molar-refractivity contribution in [1.29, 1.82) is 0 Å². The molecule has 3 nitrogen and oxygen atoms in total. The molecule has 0 fully saturated rings. The van der Waals surface area contributed by atoms with E-state index in [2.05, 4.69) is 54.8 Å².